The maximum atomic E-state index is 12.9. The number of halogens is 4. The number of rotatable bonds is 4. The van der Waals surface area contributed by atoms with Gasteiger partial charge < -0.3 is 11.1 Å². The summed E-state index contributed by atoms with van der Waals surface area (Å²) in [6, 6.07) is 2.94. The topological polar surface area (TPSA) is 38.0 Å². The van der Waals surface area contributed by atoms with E-state index in [0.29, 0.717) is 18.7 Å². The molecule has 0 aliphatic carbocycles. The lowest BCUT2D eigenvalue weighted by Crippen LogP contribution is -2.22. The minimum absolute atomic E-state index is 0.237. The predicted molar refractivity (Wildman–Crippen MR) is 52.2 cm³/mol. The summed E-state index contributed by atoms with van der Waals surface area (Å²) < 4.78 is 49.9. The van der Waals surface area contributed by atoms with Gasteiger partial charge in [0, 0.05) is 19.6 Å². The van der Waals surface area contributed by atoms with Crippen LogP contribution in [-0.2, 0) is 12.7 Å². The molecule has 3 N–H and O–H groups in total. The zero-order chi connectivity index (χ0) is 12.2. The molecule has 0 spiro atoms. The third-order valence-corrected chi connectivity index (χ3v) is 1.99. The van der Waals surface area contributed by atoms with E-state index >= 15 is 0 Å². The molecule has 0 unspecified atom stereocenters. The van der Waals surface area contributed by atoms with Gasteiger partial charge in [-0.2, -0.15) is 13.2 Å². The Kier molecular flexibility index (Phi) is 4.26. The largest absolute Gasteiger partial charge is 0.419 e. The Morgan fingerprint density at radius 1 is 1.25 bits per heavy atom. The SMILES string of the molecule is NCCNCc1ccc(F)c(C(F)(F)F)c1. The van der Waals surface area contributed by atoms with Crippen molar-refractivity contribution in [2.24, 2.45) is 5.73 Å². The number of hydrogen-bond donors (Lipinski definition) is 2. The maximum absolute atomic E-state index is 12.9. The predicted octanol–water partition coefficient (Wildman–Crippen LogP) is 1.89. The van der Waals surface area contributed by atoms with Crippen LogP contribution in [0.15, 0.2) is 18.2 Å². The van der Waals surface area contributed by atoms with Crippen LogP contribution >= 0.6 is 0 Å². The highest BCUT2D eigenvalue weighted by Gasteiger charge is 2.34. The van der Waals surface area contributed by atoms with E-state index in [9.17, 15) is 17.6 Å². The Balaban J connectivity index is 2.82. The van der Waals surface area contributed by atoms with Crippen molar-refractivity contribution < 1.29 is 17.6 Å². The van der Waals surface area contributed by atoms with Gasteiger partial charge in [0.2, 0.25) is 0 Å². The van der Waals surface area contributed by atoms with Gasteiger partial charge in [-0.25, -0.2) is 4.39 Å². The van der Waals surface area contributed by atoms with Gasteiger partial charge in [0.1, 0.15) is 5.82 Å². The summed E-state index contributed by atoms with van der Waals surface area (Å²) in [6.45, 7) is 1.13. The Labute approximate surface area is 90.4 Å². The van der Waals surface area contributed by atoms with E-state index in [0.717, 1.165) is 12.1 Å². The summed E-state index contributed by atoms with van der Waals surface area (Å²) in [5, 5.41) is 2.83. The summed E-state index contributed by atoms with van der Waals surface area (Å²) in [4.78, 5) is 0. The second-order valence-electron chi connectivity index (χ2n) is 3.28. The van der Waals surface area contributed by atoms with Gasteiger partial charge in [0.05, 0.1) is 5.56 Å². The van der Waals surface area contributed by atoms with E-state index < -0.39 is 17.6 Å². The lowest BCUT2D eigenvalue weighted by Gasteiger charge is -2.10. The summed E-state index contributed by atoms with van der Waals surface area (Å²) >= 11 is 0. The minimum Gasteiger partial charge on any atom is -0.329 e. The zero-order valence-corrected chi connectivity index (χ0v) is 8.44. The first-order valence-corrected chi connectivity index (χ1v) is 4.71. The molecule has 16 heavy (non-hydrogen) atoms. The van der Waals surface area contributed by atoms with E-state index in [1.807, 2.05) is 0 Å². The minimum atomic E-state index is -4.66. The van der Waals surface area contributed by atoms with Crippen molar-refractivity contribution in [1.29, 1.82) is 0 Å². The van der Waals surface area contributed by atoms with E-state index in [-0.39, 0.29) is 6.54 Å². The van der Waals surface area contributed by atoms with Crippen LogP contribution in [0.3, 0.4) is 0 Å². The lowest BCUT2D eigenvalue weighted by atomic mass is 10.1. The molecule has 2 nitrogen and oxygen atoms in total. The maximum Gasteiger partial charge on any atom is 0.419 e. The van der Waals surface area contributed by atoms with Crippen LogP contribution in [0.2, 0.25) is 0 Å². The van der Waals surface area contributed by atoms with Gasteiger partial charge in [-0.3, -0.25) is 0 Å². The standard InChI is InChI=1S/C10H12F4N2/c11-9-2-1-7(6-16-4-3-15)5-8(9)10(12,13)14/h1-2,5,16H,3-4,6,15H2. The van der Waals surface area contributed by atoms with Gasteiger partial charge in [0.15, 0.2) is 0 Å². The molecule has 1 rings (SSSR count). The first-order valence-electron chi connectivity index (χ1n) is 4.71. The fourth-order valence-corrected chi connectivity index (χ4v) is 1.23. The van der Waals surface area contributed by atoms with E-state index in [4.69, 9.17) is 5.73 Å². The number of alkyl halides is 3. The smallest absolute Gasteiger partial charge is 0.329 e. The van der Waals surface area contributed by atoms with E-state index in [1.54, 1.807) is 0 Å². The average Bonchev–Trinajstić information content (AvgIpc) is 2.19. The Morgan fingerprint density at radius 2 is 1.94 bits per heavy atom. The van der Waals surface area contributed by atoms with Crippen LogP contribution in [0.5, 0.6) is 0 Å². The highest BCUT2D eigenvalue weighted by Crippen LogP contribution is 2.31. The highest BCUT2D eigenvalue weighted by molar-refractivity contribution is 5.27. The molecule has 0 radical (unpaired) electrons. The van der Waals surface area contributed by atoms with Crippen LogP contribution < -0.4 is 11.1 Å². The number of hydrogen-bond acceptors (Lipinski definition) is 2. The van der Waals surface area contributed by atoms with E-state index in [1.165, 1.54) is 6.07 Å². The zero-order valence-electron chi connectivity index (χ0n) is 8.44. The average molecular weight is 236 g/mol. The molecular weight excluding hydrogens is 224 g/mol. The number of nitrogens with one attached hydrogen (secondary N) is 1. The quantitative estimate of drug-likeness (QED) is 0.619. The first-order chi connectivity index (χ1) is 7.45. The van der Waals surface area contributed by atoms with Gasteiger partial charge in [-0.15, -0.1) is 0 Å². The fourth-order valence-electron chi connectivity index (χ4n) is 1.23. The summed E-state index contributed by atoms with van der Waals surface area (Å²) in [6.07, 6.45) is -4.66. The van der Waals surface area contributed by atoms with Gasteiger partial charge >= 0.3 is 6.18 Å². The molecule has 0 saturated heterocycles. The molecule has 0 saturated carbocycles. The normalized spacial score (nSPS) is 11.8. The third kappa shape index (κ3) is 3.46. The van der Waals surface area contributed by atoms with Crippen LogP contribution in [0.4, 0.5) is 17.6 Å². The molecule has 1 aromatic carbocycles. The number of benzene rings is 1. The molecule has 0 aliphatic rings. The molecule has 0 atom stereocenters. The summed E-state index contributed by atoms with van der Waals surface area (Å²) in [7, 11) is 0. The van der Waals surface area contributed by atoms with Crippen molar-refractivity contribution in [3.8, 4) is 0 Å². The fraction of sp³-hybridized carbons (Fsp3) is 0.400. The van der Waals surface area contributed by atoms with Crippen molar-refractivity contribution in [2.75, 3.05) is 13.1 Å². The molecule has 0 amide bonds. The van der Waals surface area contributed by atoms with Gasteiger partial charge in [-0.1, -0.05) is 6.07 Å². The van der Waals surface area contributed by atoms with Crippen LogP contribution in [0, 0.1) is 5.82 Å². The Hall–Kier alpha value is -1.14. The van der Waals surface area contributed by atoms with Crippen LogP contribution in [0.25, 0.3) is 0 Å². The summed E-state index contributed by atoms with van der Waals surface area (Å²) in [5.41, 5.74) is 4.35. The lowest BCUT2D eigenvalue weighted by molar-refractivity contribution is -0.140. The van der Waals surface area contributed by atoms with Crippen LogP contribution in [-0.4, -0.2) is 13.1 Å². The van der Waals surface area contributed by atoms with Gasteiger partial charge in [0.25, 0.3) is 0 Å². The molecule has 0 aliphatic heterocycles. The second-order valence-corrected chi connectivity index (χ2v) is 3.28. The van der Waals surface area contributed by atoms with E-state index in [2.05, 4.69) is 5.32 Å². The molecule has 6 heteroatoms. The molecule has 0 heterocycles. The van der Waals surface area contributed by atoms with Crippen molar-refractivity contribution in [2.45, 2.75) is 12.7 Å². The van der Waals surface area contributed by atoms with Crippen molar-refractivity contribution in [3.05, 3.63) is 35.1 Å². The highest BCUT2D eigenvalue weighted by atomic mass is 19.4. The Bertz CT molecular complexity index is 349. The van der Waals surface area contributed by atoms with Crippen molar-refractivity contribution in [3.63, 3.8) is 0 Å². The molecule has 0 bridgehead atoms. The second kappa shape index (κ2) is 5.27. The van der Waals surface area contributed by atoms with Crippen molar-refractivity contribution >= 4 is 0 Å². The van der Waals surface area contributed by atoms with Gasteiger partial charge in [-0.05, 0) is 17.7 Å². The third-order valence-electron chi connectivity index (χ3n) is 1.99. The van der Waals surface area contributed by atoms with Crippen LogP contribution in [0.1, 0.15) is 11.1 Å². The first kappa shape index (κ1) is 12.9. The molecular formula is C10H12F4N2. The van der Waals surface area contributed by atoms with Crippen molar-refractivity contribution in [1.82, 2.24) is 5.32 Å². The number of nitrogens with two attached hydrogens (primary N) is 1. The summed E-state index contributed by atoms with van der Waals surface area (Å²) in [5.74, 6) is -1.25. The molecule has 0 fully saturated rings. The Morgan fingerprint density at radius 3 is 2.50 bits per heavy atom. The molecule has 90 valence electrons. The molecule has 1 aromatic rings. The molecule has 0 aromatic heterocycles. The monoisotopic (exact) mass is 236 g/mol.